The molecule has 110 valence electrons. The monoisotopic (exact) mass is 287 g/mol. The smallest absolute Gasteiger partial charge is 0.303 e. The number of hydrogen-bond donors (Lipinski definition) is 1. The maximum Gasteiger partial charge on any atom is 0.303 e. The summed E-state index contributed by atoms with van der Waals surface area (Å²) in [4.78, 5) is 36.4. The first-order chi connectivity index (χ1) is 10.1. The Labute approximate surface area is 122 Å². The molecule has 1 heterocycles. The molecule has 0 bridgehead atoms. The minimum Gasteiger partial charge on any atom is -0.481 e. The summed E-state index contributed by atoms with van der Waals surface area (Å²) in [6.45, 7) is 0.678. The van der Waals surface area contributed by atoms with Crippen LogP contribution in [-0.2, 0) is 16.0 Å². The van der Waals surface area contributed by atoms with Gasteiger partial charge in [0.15, 0.2) is 5.78 Å². The highest BCUT2D eigenvalue weighted by Crippen LogP contribution is 2.36. The third-order valence-corrected chi connectivity index (χ3v) is 4.06. The van der Waals surface area contributed by atoms with Gasteiger partial charge < -0.3 is 10.0 Å². The Morgan fingerprint density at radius 2 is 1.95 bits per heavy atom. The molecular formula is C16H17NO4. The quantitative estimate of drug-likeness (QED) is 0.841. The zero-order chi connectivity index (χ0) is 15.0. The number of hydrogen-bond acceptors (Lipinski definition) is 3. The Balaban J connectivity index is 1.75. The van der Waals surface area contributed by atoms with E-state index < -0.39 is 5.97 Å². The van der Waals surface area contributed by atoms with E-state index in [1.165, 1.54) is 0 Å². The van der Waals surface area contributed by atoms with Gasteiger partial charge in [-0.25, -0.2) is 0 Å². The molecule has 5 nitrogen and oxygen atoms in total. The number of fused-ring (bicyclic) bond motifs is 1. The number of aliphatic carboxylic acids is 1. The molecule has 1 aromatic rings. The number of rotatable bonds is 5. The van der Waals surface area contributed by atoms with E-state index in [0.29, 0.717) is 12.1 Å². The summed E-state index contributed by atoms with van der Waals surface area (Å²) in [7, 11) is 0. The number of carboxylic acids is 1. The summed E-state index contributed by atoms with van der Waals surface area (Å²) in [5, 5.41) is 8.62. The topological polar surface area (TPSA) is 74.7 Å². The van der Waals surface area contributed by atoms with E-state index in [9.17, 15) is 14.4 Å². The van der Waals surface area contributed by atoms with Gasteiger partial charge in [0.1, 0.15) is 0 Å². The highest BCUT2D eigenvalue weighted by molar-refractivity contribution is 6.01. The van der Waals surface area contributed by atoms with Crippen molar-refractivity contribution in [2.45, 2.75) is 32.1 Å². The summed E-state index contributed by atoms with van der Waals surface area (Å²) in [6.07, 6.45) is 2.59. The average Bonchev–Trinajstić information content (AvgIpc) is 3.23. The van der Waals surface area contributed by atoms with Crippen molar-refractivity contribution >= 4 is 23.3 Å². The number of carbonyl (C=O) groups excluding carboxylic acids is 2. The molecule has 0 atom stereocenters. The maximum absolute atomic E-state index is 12.2. The van der Waals surface area contributed by atoms with Gasteiger partial charge in [0.05, 0.1) is 6.42 Å². The van der Waals surface area contributed by atoms with Crippen molar-refractivity contribution in [2.75, 3.05) is 11.4 Å². The highest BCUT2D eigenvalue weighted by Gasteiger charge is 2.36. The van der Waals surface area contributed by atoms with Gasteiger partial charge in [-0.05, 0) is 43.0 Å². The van der Waals surface area contributed by atoms with Crippen molar-refractivity contribution < 1.29 is 19.5 Å². The van der Waals surface area contributed by atoms with E-state index in [1.54, 1.807) is 12.1 Å². The summed E-state index contributed by atoms with van der Waals surface area (Å²) in [5.41, 5.74) is 2.45. The largest absolute Gasteiger partial charge is 0.481 e. The van der Waals surface area contributed by atoms with E-state index in [4.69, 9.17) is 5.11 Å². The highest BCUT2D eigenvalue weighted by atomic mass is 16.4. The fourth-order valence-electron chi connectivity index (χ4n) is 2.72. The molecule has 0 radical (unpaired) electrons. The Bertz CT molecular complexity index is 619. The molecule has 21 heavy (non-hydrogen) atoms. The molecule has 1 N–H and O–H groups in total. The Kier molecular flexibility index (Phi) is 3.49. The second kappa shape index (κ2) is 5.31. The molecular weight excluding hydrogens is 270 g/mol. The van der Waals surface area contributed by atoms with Crippen LogP contribution in [0.25, 0.3) is 0 Å². The average molecular weight is 287 g/mol. The zero-order valence-corrected chi connectivity index (χ0v) is 11.7. The Morgan fingerprint density at radius 3 is 2.62 bits per heavy atom. The van der Waals surface area contributed by atoms with Gasteiger partial charge in [0.2, 0.25) is 5.91 Å². The first-order valence-electron chi connectivity index (χ1n) is 7.25. The van der Waals surface area contributed by atoms with E-state index >= 15 is 0 Å². The van der Waals surface area contributed by atoms with Crippen LogP contribution >= 0.6 is 0 Å². The summed E-state index contributed by atoms with van der Waals surface area (Å²) in [5.74, 6) is -0.746. The normalized spacial score (nSPS) is 16.7. The Morgan fingerprint density at radius 1 is 1.19 bits per heavy atom. The van der Waals surface area contributed by atoms with Crippen LogP contribution in [0.1, 0.15) is 41.6 Å². The molecule has 5 heteroatoms. The van der Waals surface area contributed by atoms with Crippen LogP contribution in [0.3, 0.4) is 0 Å². The van der Waals surface area contributed by atoms with Crippen molar-refractivity contribution in [2.24, 2.45) is 5.92 Å². The van der Waals surface area contributed by atoms with Crippen LogP contribution in [0.2, 0.25) is 0 Å². The van der Waals surface area contributed by atoms with Crippen molar-refractivity contribution in [3.8, 4) is 0 Å². The van der Waals surface area contributed by atoms with E-state index in [0.717, 1.165) is 30.5 Å². The number of carboxylic acid groups (broad SMARTS) is 1. The number of Topliss-reactive ketones (excluding diaryl/α,β-unsaturated/α-hetero) is 1. The summed E-state index contributed by atoms with van der Waals surface area (Å²) >= 11 is 0. The minimum absolute atomic E-state index is 0.0127. The molecule has 0 spiro atoms. The zero-order valence-electron chi connectivity index (χ0n) is 11.7. The van der Waals surface area contributed by atoms with Crippen LogP contribution in [0.5, 0.6) is 0 Å². The van der Waals surface area contributed by atoms with Crippen molar-refractivity contribution in [1.82, 2.24) is 0 Å². The molecule has 1 aliphatic heterocycles. The fraction of sp³-hybridized carbons (Fsp3) is 0.438. The van der Waals surface area contributed by atoms with Crippen molar-refractivity contribution in [1.29, 1.82) is 0 Å². The second-order valence-corrected chi connectivity index (χ2v) is 5.67. The molecule has 1 amide bonds. The van der Waals surface area contributed by atoms with E-state index in [1.807, 2.05) is 11.0 Å². The van der Waals surface area contributed by atoms with E-state index in [-0.39, 0.29) is 30.4 Å². The van der Waals surface area contributed by atoms with Gasteiger partial charge in [0, 0.05) is 30.1 Å². The van der Waals surface area contributed by atoms with Gasteiger partial charge in [-0.15, -0.1) is 0 Å². The lowest BCUT2D eigenvalue weighted by Gasteiger charge is -2.17. The van der Waals surface area contributed by atoms with Gasteiger partial charge in [-0.1, -0.05) is 0 Å². The van der Waals surface area contributed by atoms with Crippen molar-refractivity contribution in [3.05, 3.63) is 29.3 Å². The number of carbonyl (C=O) groups is 3. The molecule has 2 aliphatic rings. The van der Waals surface area contributed by atoms with Gasteiger partial charge in [0.25, 0.3) is 0 Å². The standard InChI is InChI=1S/C16H17NO4/c18-14(5-6-15(19)20)12-3-4-13-11(9-12)7-8-17(13)16(21)10-1-2-10/h3-4,9-10H,1-2,5-8H2,(H,19,20). The predicted octanol–water partition coefficient (Wildman–Crippen LogP) is 2.03. The fourth-order valence-corrected chi connectivity index (χ4v) is 2.72. The summed E-state index contributed by atoms with van der Waals surface area (Å²) in [6, 6.07) is 5.32. The molecule has 1 fully saturated rings. The predicted molar refractivity (Wildman–Crippen MR) is 76.4 cm³/mol. The van der Waals surface area contributed by atoms with Gasteiger partial charge >= 0.3 is 5.97 Å². The maximum atomic E-state index is 12.2. The summed E-state index contributed by atoms with van der Waals surface area (Å²) < 4.78 is 0. The molecule has 0 aromatic heterocycles. The molecule has 0 saturated heterocycles. The van der Waals surface area contributed by atoms with Gasteiger partial charge in [-0.2, -0.15) is 0 Å². The lowest BCUT2D eigenvalue weighted by molar-refractivity contribution is -0.137. The number of benzene rings is 1. The number of ketones is 1. The first kappa shape index (κ1) is 13.8. The molecule has 3 rings (SSSR count). The second-order valence-electron chi connectivity index (χ2n) is 5.67. The third kappa shape index (κ3) is 2.82. The van der Waals surface area contributed by atoms with Gasteiger partial charge in [-0.3, -0.25) is 14.4 Å². The van der Waals surface area contributed by atoms with Crippen LogP contribution in [-0.4, -0.2) is 29.3 Å². The number of amides is 1. The van der Waals surface area contributed by atoms with Crippen LogP contribution in [0.4, 0.5) is 5.69 Å². The van der Waals surface area contributed by atoms with Crippen LogP contribution in [0.15, 0.2) is 18.2 Å². The first-order valence-corrected chi connectivity index (χ1v) is 7.25. The van der Waals surface area contributed by atoms with Crippen molar-refractivity contribution in [3.63, 3.8) is 0 Å². The van der Waals surface area contributed by atoms with Crippen LogP contribution in [0, 0.1) is 5.92 Å². The lowest BCUT2D eigenvalue weighted by atomic mass is 10.0. The minimum atomic E-state index is -0.967. The molecule has 1 aliphatic carbocycles. The number of nitrogens with zero attached hydrogens (tertiary/aromatic N) is 1. The number of anilines is 1. The molecule has 1 saturated carbocycles. The Hall–Kier alpha value is -2.17. The third-order valence-electron chi connectivity index (χ3n) is 4.06. The molecule has 1 aromatic carbocycles. The SMILES string of the molecule is O=C(O)CCC(=O)c1ccc2c(c1)CCN2C(=O)C1CC1. The molecule has 0 unspecified atom stereocenters. The van der Waals surface area contributed by atoms with E-state index in [2.05, 4.69) is 0 Å². The lowest BCUT2D eigenvalue weighted by Crippen LogP contribution is -2.30. The van der Waals surface area contributed by atoms with Crippen LogP contribution < -0.4 is 4.90 Å².